The summed E-state index contributed by atoms with van der Waals surface area (Å²) in [6.45, 7) is -0.474. The summed E-state index contributed by atoms with van der Waals surface area (Å²) in [6.07, 6.45) is 0. The number of hydrogen-bond donors (Lipinski definition) is 3. The molecule has 0 aliphatic carbocycles. The smallest absolute Gasteiger partial charge is 0.273 e. The summed E-state index contributed by atoms with van der Waals surface area (Å²) in [5, 5.41) is 29.0. The number of rotatable bonds is 5. The quantitative estimate of drug-likeness (QED) is 0.728. The Labute approximate surface area is 119 Å². The number of hydrogen-bond acceptors (Lipinski definition) is 5. The summed E-state index contributed by atoms with van der Waals surface area (Å²) in [4.78, 5) is 13.1. The number of nitrogens with one attached hydrogen (secondary N) is 1. The molecule has 1 amide bonds. The van der Waals surface area contributed by atoms with Crippen LogP contribution in [-0.4, -0.2) is 44.3 Å². The van der Waals surface area contributed by atoms with Crippen LogP contribution in [0.5, 0.6) is 0 Å². The lowest BCUT2D eigenvalue weighted by molar-refractivity contribution is 0.0936. The van der Waals surface area contributed by atoms with Crippen LogP contribution in [0, 0.1) is 0 Å². The monoisotopic (exact) mass is 296 g/mol. The van der Waals surface area contributed by atoms with Gasteiger partial charge in [-0.3, -0.25) is 4.79 Å². The third-order valence-corrected chi connectivity index (χ3v) is 2.76. The van der Waals surface area contributed by atoms with Gasteiger partial charge in [-0.2, -0.15) is 4.80 Å². The highest BCUT2D eigenvalue weighted by Crippen LogP contribution is 2.13. The number of aliphatic hydroxyl groups is 2. The maximum atomic E-state index is 11.8. The zero-order chi connectivity index (χ0) is 14.5. The molecule has 0 aliphatic rings. The average molecular weight is 297 g/mol. The molecule has 0 aliphatic heterocycles. The van der Waals surface area contributed by atoms with E-state index in [1.807, 2.05) is 0 Å². The standard InChI is InChI=1S/C12H13ClN4O3/c13-8-1-3-9(4-2-8)17-15-10(7-19)11(16-17)12(20)14-5-6-18/h1-4,18-19H,5-7H2,(H,14,20). The lowest BCUT2D eigenvalue weighted by Gasteiger charge is -2.00. The first-order chi connectivity index (χ1) is 9.65. The van der Waals surface area contributed by atoms with E-state index in [9.17, 15) is 9.90 Å². The van der Waals surface area contributed by atoms with E-state index in [-0.39, 0.29) is 24.5 Å². The zero-order valence-corrected chi connectivity index (χ0v) is 11.2. The molecule has 0 radical (unpaired) electrons. The van der Waals surface area contributed by atoms with E-state index in [1.54, 1.807) is 24.3 Å². The van der Waals surface area contributed by atoms with E-state index in [2.05, 4.69) is 15.5 Å². The molecule has 2 rings (SSSR count). The number of aliphatic hydroxyl groups excluding tert-OH is 2. The summed E-state index contributed by atoms with van der Waals surface area (Å²) < 4.78 is 0. The van der Waals surface area contributed by atoms with Crippen molar-refractivity contribution in [3.8, 4) is 5.69 Å². The highest BCUT2D eigenvalue weighted by Gasteiger charge is 2.18. The van der Waals surface area contributed by atoms with Gasteiger partial charge in [0, 0.05) is 11.6 Å². The Morgan fingerprint density at radius 2 is 1.95 bits per heavy atom. The van der Waals surface area contributed by atoms with Crippen LogP contribution in [0.1, 0.15) is 16.2 Å². The van der Waals surface area contributed by atoms with Crippen LogP contribution in [0.2, 0.25) is 5.02 Å². The van der Waals surface area contributed by atoms with Gasteiger partial charge < -0.3 is 15.5 Å². The van der Waals surface area contributed by atoms with Crippen LogP contribution in [-0.2, 0) is 6.61 Å². The average Bonchev–Trinajstić information content (AvgIpc) is 2.89. The van der Waals surface area contributed by atoms with Crippen molar-refractivity contribution in [3.63, 3.8) is 0 Å². The van der Waals surface area contributed by atoms with Gasteiger partial charge in [0.2, 0.25) is 0 Å². The Hall–Kier alpha value is -1.96. The topological polar surface area (TPSA) is 100 Å². The van der Waals surface area contributed by atoms with Crippen LogP contribution in [0.25, 0.3) is 5.69 Å². The molecule has 1 heterocycles. The van der Waals surface area contributed by atoms with Gasteiger partial charge in [0.15, 0.2) is 5.69 Å². The van der Waals surface area contributed by atoms with Crippen molar-refractivity contribution < 1.29 is 15.0 Å². The fourth-order valence-corrected chi connectivity index (χ4v) is 1.69. The van der Waals surface area contributed by atoms with E-state index >= 15 is 0 Å². The van der Waals surface area contributed by atoms with E-state index in [4.69, 9.17) is 16.7 Å². The Bertz CT molecular complexity index is 597. The van der Waals surface area contributed by atoms with Crippen molar-refractivity contribution in [3.05, 3.63) is 40.7 Å². The Balaban J connectivity index is 2.30. The second-order valence-electron chi connectivity index (χ2n) is 3.90. The van der Waals surface area contributed by atoms with Crippen LogP contribution >= 0.6 is 11.6 Å². The molecule has 0 bridgehead atoms. The molecule has 0 saturated heterocycles. The number of nitrogens with zero attached hydrogens (tertiary/aromatic N) is 3. The van der Waals surface area contributed by atoms with Gasteiger partial charge in [-0.05, 0) is 24.3 Å². The normalized spacial score (nSPS) is 10.6. The van der Waals surface area contributed by atoms with Gasteiger partial charge in [-0.1, -0.05) is 11.6 Å². The molecule has 3 N–H and O–H groups in total. The van der Waals surface area contributed by atoms with Gasteiger partial charge >= 0.3 is 0 Å². The predicted molar refractivity (Wildman–Crippen MR) is 71.7 cm³/mol. The minimum absolute atomic E-state index is 0.0240. The molecular formula is C12H13ClN4O3. The summed E-state index contributed by atoms with van der Waals surface area (Å²) in [6, 6.07) is 6.73. The molecule has 0 spiro atoms. The van der Waals surface area contributed by atoms with Crippen LogP contribution < -0.4 is 5.32 Å². The van der Waals surface area contributed by atoms with Gasteiger partial charge in [-0.15, -0.1) is 10.2 Å². The molecule has 8 heteroatoms. The van der Waals surface area contributed by atoms with Crippen LogP contribution in [0.4, 0.5) is 0 Å². The van der Waals surface area contributed by atoms with Crippen molar-refractivity contribution in [1.82, 2.24) is 20.3 Å². The molecule has 20 heavy (non-hydrogen) atoms. The maximum Gasteiger partial charge on any atom is 0.273 e. The van der Waals surface area contributed by atoms with E-state index < -0.39 is 12.5 Å². The molecule has 7 nitrogen and oxygen atoms in total. The van der Waals surface area contributed by atoms with Crippen LogP contribution in [0.3, 0.4) is 0 Å². The van der Waals surface area contributed by atoms with Crippen molar-refractivity contribution in [2.45, 2.75) is 6.61 Å². The Morgan fingerprint density at radius 1 is 1.25 bits per heavy atom. The first kappa shape index (κ1) is 14.4. The van der Waals surface area contributed by atoms with Gasteiger partial charge in [0.05, 0.1) is 18.9 Å². The van der Waals surface area contributed by atoms with Crippen LogP contribution in [0.15, 0.2) is 24.3 Å². The lowest BCUT2D eigenvalue weighted by Crippen LogP contribution is -2.27. The first-order valence-corrected chi connectivity index (χ1v) is 6.25. The zero-order valence-electron chi connectivity index (χ0n) is 10.5. The predicted octanol–water partition coefficient (Wildman–Crippen LogP) is 0.135. The van der Waals surface area contributed by atoms with Gasteiger partial charge in [0.1, 0.15) is 5.69 Å². The minimum Gasteiger partial charge on any atom is -0.395 e. The maximum absolute atomic E-state index is 11.8. The summed E-state index contributed by atoms with van der Waals surface area (Å²) in [5.74, 6) is -0.497. The van der Waals surface area contributed by atoms with Gasteiger partial charge in [-0.25, -0.2) is 0 Å². The fourth-order valence-electron chi connectivity index (χ4n) is 1.56. The molecule has 0 unspecified atom stereocenters. The number of halogens is 1. The third kappa shape index (κ3) is 3.13. The highest BCUT2D eigenvalue weighted by molar-refractivity contribution is 6.30. The number of carbonyl (C=O) groups excluding carboxylic acids is 1. The summed E-state index contributed by atoms with van der Waals surface area (Å²) >= 11 is 5.79. The molecule has 2 aromatic rings. The number of carbonyl (C=O) groups is 1. The first-order valence-electron chi connectivity index (χ1n) is 5.87. The summed E-state index contributed by atoms with van der Waals surface area (Å²) in [5.41, 5.74) is 0.802. The molecule has 1 aromatic carbocycles. The highest BCUT2D eigenvalue weighted by atomic mass is 35.5. The molecule has 0 fully saturated rings. The van der Waals surface area contributed by atoms with Crippen molar-refractivity contribution >= 4 is 17.5 Å². The molecular weight excluding hydrogens is 284 g/mol. The Morgan fingerprint density at radius 3 is 2.55 bits per heavy atom. The summed E-state index contributed by atoms with van der Waals surface area (Å²) in [7, 11) is 0. The van der Waals surface area contributed by atoms with Crippen molar-refractivity contribution in [1.29, 1.82) is 0 Å². The number of aromatic nitrogens is 3. The minimum atomic E-state index is -0.497. The number of amides is 1. The Kier molecular flexibility index (Phi) is 4.67. The SMILES string of the molecule is O=C(NCCO)c1nn(-c2ccc(Cl)cc2)nc1CO. The molecule has 0 atom stereocenters. The molecule has 106 valence electrons. The van der Waals surface area contributed by atoms with Crippen molar-refractivity contribution in [2.24, 2.45) is 0 Å². The number of benzene rings is 1. The molecule has 0 saturated carbocycles. The third-order valence-electron chi connectivity index (χ3n) is 2.50. The fraction of sp³-hybridized carbons (Fsp3) is 0.250. The largest absolute Gasteiger partial charge is 0.395 e. The lowest BCUT2D eigenvalue weighted by atomic mass is 10.3. The van der Waals surface area contributed by atoms with Crippen molar-refractivity contribution in [2.75, 3.05) is 13.2 Å². The van der Waals surface area contributed by atoms with E-state index in [0.29, 0.717) is 10.7 Å². The second-order valence-corrected chi connectivity index (χ2v) is 4.34. The second kappa shape index (κ2) is 6.47. The van der Waals surface area contributed by atoms with Gasteiger partial charge in [0.25, 0.3) is 5.91 Å². The van der Waals surface area contributed by atoms with E-state index in [1.165, 1.54) is 4.80 Å². The molecule has 1 aromatic heterocycles. The van der Waals surface area contributed by atoms with E-state index in [0.717, 1.165) is 0 Å².